The van der Waals surface area contributed by atoms with E-state index in [9.17, 15) is 0 Å². The highest BCUT2D eigenvalue weighted by molar-refractivity contribution is 4.88. The molecule has 0 radical (unpaired) electrons. The highest BCUT2D eigenvalue weighted by Crippen LogP contribution is 2.21. The van der Waals surface area contributed by atoms with Gasteiger partial charge in [-0.3, -0.25) is 4.90 Å². The van der Waals surface area contributed by atoms with Crippen molar-refractivity contribution in [2.24, 2.45) is 11.3 Å². The third-order valence-corrected chi connectivity index (χ3v) is 3.52. The van der Waals surface area contributed by atoms with Crippen LogP contribution >= 0.6 is 0 Å². The Morgan fingerprint density at radius 2 is 1.94 bits per heavy atom. The van der Waals surface area contributed by atoms with Crippen molar-refractivity contribution in [1.82, 2.24) is 10.2 Å². The highest BCUT2D eigenvalue weighted by Gasteiger charge is 2.30. The molecule has 0 saturated carbocycles. The number of piperazine rings is 1. The third-order valence-electron chi connectivity index (χ3n) is 3.52. The molecule has 1 N–H and O–H groups in total. The second-order valence-corrected chi connectivity index (χ2v) is 6.81. The van der Waals surface area contributed by atoms with Gasteiger partial charge in [0.05, 0.1) is 0 Å². The fourth-order valence-corrected chi connectivity index (χ4v) is 2.53. The maximum Gasteiger partial charge on any atom is 0.0219 e. The van der Waals surface area contributed by atoms with Crippen LogP contribution < -0.4 is 5.32 Å². The number of nitrogens with zero attached hydrogens (tertiary/aromatic N) is 1. The summed E-state index contributed by atoms with van der Waals surface area (Å²) in [5.74, 6) is 0.736. The van der Waals surface area contributed by atoms with Crippen LogP contribution in [0.2, 0.25) is 0 Å². The van der Waals surface area contributed by atoms with E-state index in [0.717, 1.165) is 18.5 Å². The van der Waals surface area contributed by atoms with Crippen LogP contribution in [0.3, 0.4) is 0 Å². The lowest BCUT2D eigenvalue weighted by molar-refractivity contribution is 0.0764. The first-order valence-electron chi connectivity index (χ1n) is 6.81. The molecule has 0 bridgehead atoms. The summed E-state index contributed by atoms with van der Waals surface area (Å²) in [7, 11) is 0. The van der Waals surface area contributed by atoms with Crippen molar-refractivity contribution in [2.75, 3.05) is 19.6 Å². The van der Waals surface area contributed by atoms with E-state index >= 15 is 0 Å². The predicted octanol–water partition coefficient (Wildman–Crippen LogP) is 2.74. The Kier molecular flexibility index (Phi) is 4.81. The second kappa shape index (κ2) is 5.50. The van der Waals surface area contributed by atoms with Crippen molar-refractivity contribution in [3.05, 3.63) is 0 Å². The van der Waals surface area contributed by atoms with E-state index in [1.165, 1.54) is 19.5 Å². The van der Waals surface area contributed by atoms with Crippen LogP contribution in [0.15, 0.2) is 0 Å². The molecule has 1 fully saturated rings. The molecule has 2 heteroatoms. The Labute approximate surface area is 102 Å². The molecule has 16 heavy (non-hydrogen) atoms. The first kappa shape index (κ1) is 14.0. The Morgan fingerprint density at radius 1 is 1.31 bits per heavy atom. The van der Waals surface area contributed by atoms with E-state index in [4.69, 9.17) is 0 Å². The lowest BCUT2D eigenvalue weighted by Crippen LogP contribution is -2.59. The molecule has 0 aliphatic carbocycles. The molecular formula is C14H30N2. The van der Waals surface area contributed by atoms with Gasteiger partial charge in [0.2, 0.25) is 0 Å². The topological polar surface area (TPSA) is 15.3 Å². The summed E-state index contributed by atoms with van der Waals surface area (Å²) in [6.45, 7) is 17.6. The predicted molar refractivity (Wildman–Crippen MR) is 71.7 cm³/mol. The molecule has 0 aromatic heterocycles. The zero-order chi connectivity index (χ0) is 12.3. The van der Waals surface area contributed by atoms with Gasteiger partial charge >= 0.3 is 0 Å². The van der Waals surface area contributed by atoms with Crippen LogP contribution in [-0.4, -0.2) is 36.6 Å². The average molecular weight is 226 g/mol. The van der Waals surface area contributed by atoms with Crippen LogP contribution in [0.1, 0.15) is 48.0 Å². The lowest BCUT2D eigenvalue weighted by Gasteiger charge is -2.44. The minimum Gasteiger partial charge on any atom is -0.311 e. The van der Waals surface area contributed by atoms with Crippen molar-refractivity contribution in [1.29, 1.82) is 0 Å². The minimum atomic E-state index is 0.409. The molecule has 1 saturated heterocycles. The van der Waals surface area contributed by atoms with E-state index < -0.39 is 0 Å². The van der Waals surface area contributed by atoms with Gasteiger partial charge in [-0.15, -0.1) is 0 Å². The monoisotopic (exact) mass is 226 g/mol. The molecule has 2 atom stereocenters. The molecule has 0 spiro atoms. The minimum absolute atomic E-state index is 0.409. The summed E-state index contributed by atoms with van der Waals surface area (Å²) in [5.41, 5.74) is 0.409. The standard InChI is InChI=1S/C14H30N2/c1-7-12-8-15-13(11(2)3)9-16(12)10-14(4,5)6/h11-13,15H,7-10H2,1-6H3. The summed E-state index contributed by atoms with van der Waals surface area (Å²) in [6.07, 6.45) is 1.26. The first-order chi connectivity index (χ1) is 7.33. The number of nitrogens with one attached hydrogen (secondary N) is 1. The molecule has 1 heterocycles. The molecule has 2 unspecified atom stereocenters. The number of hydrogen-bond donors (Lipinski definition) is 1. The maximum absolute atomic E-state index is 3.69. The van der Waals surface area contributed by atoms with E-state index in [0.29, 0.717) is 11.5 Å². The van der Waals surface area contributed by atoms with Gasteiger partial charge in [-0.1, -0.05) is 41.5 Å². The Balaban J connectivity index is 2.60. The summed E-state index contributed by atoms with van der Waals surface area (Å²) in [4.78, 5) is 2.70. The summed E-state index contributed by atoms with van der Waals surface area (Å²) < 4.78 is 0. The van der Waals surface area contributed by atoms with Gasteiger partial charge in [0, 0.05) is 31.7 Å². The molecule has 1 aliphatic heterocycles. The molecule has 1 rings (SSSR count). The summed E-state index contributed by atoms with van der Waals surface area (Å²) >= 11 is 0. The lowest BCUT2D eigenvalue weighted by atomic mass is 9.92. The van der Waals surface area contributed by atoms with E-state index in [-0.39, 0.29) is 0 Å². The van der Waals surface area contributed by atoms with Crippen molar-refractivity contribution in [2.45, 2.75) is 60.0 Å². The van der Waals surface area contributed by atoms with Gasteiger partial charge < -0.3 is 5.32 Å². The number of hydrogen-bond acceptors (Lipinski definition) is 2. The molecule has 2 nitrogen and oxygen atoms in total. The maximum atomic E-state index is 3.69. The van der Waals surface area contributed by atoms with Crippen LogP contribution in [0.25, 0.3) is 0 Å². The molecule has 0 aromatic rings. The van der Waals surface area contributed by atoms with Crippen LogP contribution in [0.4, 0.5) is 0 Å². The summed E-state index contributed by atoms with van der Waals surface area (Å²) in [6, 6.07) is 1.40. The van der Waals surface area contributed by atoms with Gasteiger partial charge in [-0.2, -0.15) is 0 Å². The smallest absolute Gasteiger partial charge is 0.0219 e. The highest BCUT2D eigenvalue weighted by atomic mass is 15.2. The molecule has 0 aromatic carbocycles. The second-order valence-electron chi connectivity index (χ2n) is 6.81. The van der Waals surface area contributed by atoms with Crippen molar-refractivity contribution < 1.29 is 0 Å². The summed E-state index contributed by atoms with van der Waals surface area (Å²) in [5, 5.41) is 3.69. The van der Waals surface area contributed by atoms with Crippen LogP contribution in [-0.2, 0) is 0 Å². The van der Waals surface area contributed by atoms with Crippen molar-refractivity contribution in [3.63, 3.8) is 0 Å². The SMILES string of the molecule is CCC1CNC(C(C)C)CN1CC(C)(C)C. The first-order valence-corrected chi connectivity index (χ1v) is 6.81. The van der Waals surface area contributed by atoms with Gasteiger partial charge in [-0.05, 0) is 17.8 Å². The largest absolute Gasteiger partial charge is 0.311 e. The normalized spacial score (nSPS) is 28.7. The van der Waals surface area contributed by atoms with Gasteiger partial charge in [0.1, 0.15) is 0 Å². The molecule has 0 amide bonds. The Morgan fingerprint density at radius 3 is 2.38 bits per heavy atom. The fraction of sp³-hybridized carbons (Fsp3) is 1.00. The van der Waals surface area contributed by atoms with E-state index in [1.54, 1.807) is 0 Å². The Hall–Kier alpha value is -0.0800. The zero-order valence-corrected chi connectivity index (χ0v) is 12.0. The quantitative estimate of drug-likeness (QED) is 0.796. The fourth-order valence-electron chi connectivity index (χ4n) is 2.53. The molecule has 1 aliphatic rings. The van der Waals surface area contributed by atoms with E-state index in [2.05, 4.69) is 51.8 Å². The molecular weight excluding hydrogens is 196 g/mol. The van der Waals surface area contributed by atoms with Crippen LogP contribution in [0.5, 0.6) is 0 Å². The van der Waals surface area contributed by atoms with Crippen LogP contribution in [0, 0.1) is 11.3 Å². The zero-order valence-electron chi connectivity index (χ0n) is 12.0. The van der Waals surface area contributed by atoms with Gasteiger partial charge in [0.25, 0.3) is 0 Å². The van der Waals surface area contributed by atoms with Crippen molar-refractivity contribution in [3.8, 4) is 0 Å². The van der Waals surface area contributed by atoms with E-state index in [1.807, 2.05) is 0 Å². The number of rotatable bonds is 3. The molecule has 96 valence electrons. The Bertz CT molecular complexity index is 205. The van der Waals surface area contributed by atoms with Gasteiger partial charge in [-0.25, -0.2) is 0 Å². The third kappa shape index (κ3) is 4.06. The average Bonchev–Trinajstić information content (AvgIpc) is 2.15. The van der Waals surface area contributed by atoms with Crippen molar-refractivity contribution >= 4 is 0 Å². The van der Waals surface area contributed by atoms with Gasteiger partial charge in [0.15, 0.2) is 0 Å².